The molecule has 2 atom stereocenters. The molecule has 102 valence electrons. The summed E-state index contributed by atoms with van der Waals surface area (Å²) in [5, 5.41) is 0.781. The van der Waals surface area contributed by atoms with Crippen molar-refractivity contribution in [2.24, 2.45) is 0 Å². The van der Waals surface area contributed by atoms with Gasteiger partial charge in [0.15, 0.2) is 0 Å². The quantitative estimate of drug-likeness (QED) is 0.459. The molecule has 0 unspecified atom stereocenters. The van der Waals surface area contributed by atoms with Crippen LogP contribution in [0.5, 0.6) is 11.5 Å². The van der Waals surface area contributed by atoms with Gasteiger partial charge in [0.2, 0.25) is 0 Å². The molecule has 2 aromatic carbocycles. The third kappa shape index (κ3) is 2.03. The second-order valence-corrected chi connectivity index (χ2v) is 7.16. The molecule has 1 fully saturated rings. The normalized spacial score (nSPS) is 24.3. The van der Waals surface area contributed by atoms with E-state index >= 15 is 0 Å². The van der Waals surface area contributed by atoms with Gasteiger partial charge in [-0.15, -0.1) is 0 Å². The maximum atomic E-state index is 6.20. The summed E-state index contributed by atoms with van der Waals surface area (Å²) in [5.41, 5.74) is 2.54. The molecule has 0 aromatic heterocycles. The minimum absolute atomic E-state index is 0.448. The average Bonchev–Trinajstić information content (AvgIpc) is 2.78. The van der Waals surface area contributed by atoms with Crippen LogP contribution in [0.1, 0.15) is 23.0 Å². The fourth-order valence-electron chi connectivity index (χ4n) is 3.29. The molecule has 2 aliphatic heterocycles. The van der Waals surface area contributed by atoms with Crippen LogP contribution < -0.4 is 4.74 Å². The topological polar surface area (TPSA) is 12.5 Å². The molecule has 20 heavy (non-hydrogen) atoms. The van der Waals surface area contributed by atoms with Crippen LogP contribution in [0.25, 0.3) is 0 Å². The summed E-state index contributed by atoms with van der Waals surface area (Å²) in [6.45, 7) is 2.09. The molecule has 4 rings (SSSR count). The Kier molecular flexibility index (Phi) is 3.16. The molecule has 2 heterocycles. The Morgan fingerprint density at radius 3 is 2.55 bits per heavy atom. The maximum absolute atomic E-state index is 6.20. The Labute approximate surface area is 137 Å². The van der Waals surface area contributed by atoms with Crippen molar-refractivity contribution in [3.63, 3.8) is 0 Å². The molecule has 0 spiro atoms. The summed E-state index contributed by atoms with van der Waals surface area (Å²) in [6.07, 6.45) is 0. The molecular weight excluding hydrogens is 385 g/mol. The first kappa shape index (κ1) is 12.9. The van der Waals surface area contributed by atoms with E-state index in [1.165, 1.54) is 11.1 Å². The molecule has 0 bridgehead atoms. The third-order valence-corrected chi connectivity index (χ3v) is 5.21. The minimum atomic E-state index is 0.448. The Balaban J connectivity index is 1.93. The first-order chi connectivity index (χ1) is 9.72. The zero-order chi connectivity index (χ0) is 13.7. The van der Waals surface area contributed by atoms with Gasteiger partial charge in [0.1, 0.15) is 11.5 Å². The van der Waals surface area contributed by atoms with Gasteiger partial charge in [-0.1, -0.05) is 29.8 Å². The molecule has 2 aliphatic rings. The van der Waals surface area contributed by atoms with E-state index in [0.717, 1.165) is 29.6 Å². The van der Waals surface area contributed by atoms with Crippen LogP contribution in [0.3, 0.4) is 0 Å². The molecule has 4 heteroatoms. The van der Waals surface area contributed by atoms with Crippen molar-refractivity contribution in [1.82, 2.24) is 3.11 Å². The highest BCUT2D eigenvalue weighted by Gasteiger charge is 2.39. The van der Waals surface area contributed by atoms with E-state index in [9.17, 15) is 0 Å². The molecule has 0 N–H and O–H groups in total. The summed E-state index contributed by atoms with van der Waals surface area (Å²) < 4.78 is 8.51. The van der Waals surface area contributed by atoms with Gasteiger partial charge in [-0.3, -0.25) is 0 Å². The fraction of sp³-hybridized carbons (Fsp3) is 0.250. The van der Waals surface area contributed by atoms with Crippen molar-refractivity contribution in [3.05, 3.63) is 58.6 Å². The van der Waals surface area contributed by atoms with Crippen molar-refractivity contribution >= 4 is 34.5 Å². The van der Waals surface area contributed by atoms with Crippen molar-refractivity contribution in [2.75, 3.05) is 13.1 Å². The van der Waals surface area contributed by atoms with Crippen LogP contribution in [0.2, 0.25) is 5.02 Å². The lowest BCUT2D eigenvalue weighted by molar-refractivity contribution is 0.473. The highest BCUT2D eigenvalue weighted by molar-refractivity contribution is 14.1. The second kappa shape index (κ2) is 4.90. The number of rotatable bonds is 0. The zero-order valence-corrected chi connectivity index (χ0v) is 13.6. The van der Waals surface area contributed by atoms with Crippen molar-refractivity contribution in [1.29, 1.82) is 0 Å². The largest absolute Gasteiger partial charge is 0.457 e. The lowest BCUT2D eigenvalue weighted by atomic mass is 9.84. The van der Waals surface area contributed by atoms with E-state index in [4.69, 9.17) is 16.3 Å². The van der Waals surface area contributed by atoms with Gasteiger partial charge in [-0.2, -0.15) is 0 Å². The van der Waals surface area contributed by atoms with Gasteiger partial charge < -0.3 is 4.74 Å². The molecule has 0 radical (unpaired) electrons. The van der Waals surface area contributed by atoms with Crippen LogP contribution in [0.4, 0.5) is 0 Å². The van der Waals surface area contributed by atoms with Gasteiger partial charge in [0.05, 0.1) is 0 Å². The van der Waals surface area contributed by atoms with E-state index in [0.29, 0.717) is 11.8 Å². The zero-order valence-electron chi connectivity index (χ0n) is 10.7. The number of halogens is 2. The second-order valence-electron chi connectivity index (χ2n) is 5.36. The van der Waals surface area contributed by atoms with Crippen molar-refractivity contribution < 1.29 is 4.74 Å². The van der Waals surface area contributed by atoms with Crippen LogP contribution in [0, 0.1) is 0 Å². The number of hydrogen-bond donors (Lipinski definition) is 0. The fourth-order valence-corrected chi connectivity index (χ4v) is 4.32. The van der Waals surface area contributed by atoms with Gasteiger partial charge >= 0.3 is 0 Å². The Hall–Kier alpha value is -0.780. The molecule has 1 saturated heterocycles. The lowest BCUT2D eigenvalue weighted by Crippen LogP contribution is -2.07. The predicted molar refractivity (Wildman–Crippen MR) is 89.0 cm³/mol. The van der Waals surface area contributed by atoms with Crippen LogP contribution >= 0.6 is 34.5 Å². The first-order valence-corrected chi connectivity index (χ1v) is 8.03. The number of hydrogen-bond acceptors (Lipinski definition) is 2. The third-order valence-electron chi connectivity index (χ3n) is 4.19. The Morgan fingerprint density at radius 2 is 1.70 bits per heavy atom. The van der Waals surface area contributed by atoms with Gasteiger partial charge in [0.25, 0.3) is 0 Å². The van der Waals surface area contributed by atoms with E-state index in [2.05, 4.69) is 50.2 Å². The highest BCUT2D eigenvalue weighted by atomic mass is 127. The van der Waals surface area contributed by atoms with Gasteiger partial charge in [-0.25, -0.2) is 3.11 Å². The van der Waals surface area contributed by atoms with E-state index in [1.54, 1.807) is 0 Å². The van der Waals surface area contributed by atoms with Crippen LogP contribution in [-0.4, -0.2) is 16.2 Å². The van der Waals surface area contributed by atoms with E-state index in [-0.39, 0.29) is 0 Å². The van der Waals surface area contributed by atoms with E-state index < -0.39 is 0 Å². The van der Waals surface area contributed by atoms with Crippen LogP contribution in [0.15, 0.2) is 42.5 Å². The van der Waals surface area contributed by atoms with Crippen molar-refractivity contribution in [3.8, 4) is 11.5 Å². The average molecular weight is 398 g/mol. The number of para-hydroxylation sites is 1. The summed E-state index contributed by atoms with van der Waals surface area (Å²) >= 11 is 8.61. The predicted octanol–water partition coefficient (Wildman–Crippen LogP) is 4.98. The standard InChI is InChI=1S/C16H13ClINO/c17-10-5-6-16-12(7-10)14-9-19(18)8-13(14)11-3-1-2-4-15(11)20-16/h1-7,13-14H,8-9H2/t13-,14-/m1/s1. The summed E-state index contributed by atoms with van der Waals surface area (Å²) in [7, 11) is 0. The smallest absolute Gasteiger partial charge is 0.131 e. The number of ether oxygens (including phenoxy) is 1. The summed E-state index contributed by atoms with van der Waals surface area (Å²) in [4.78, 5) is 0. The summed E-state index contributed by atoms with van der Waals surface area (Å²) in [5.74, 6) is 2.85. The monoisotopic (exact) mass is 397 g/mol. The number of benzene rings is 2. The summed E-state index contributed by atoms with van der Waals surface area (Å²) in [6, 6.07) is 14.3. The molecule has 2 nitrogen and oxygen atoms in total. The van der Waals surface area contributed by atoms with Gasteiger partial charge in [-0.05, 0) is 29.8 Å². The van der Waals surface area contributed by atoms with E-state index in [1.807, 2.05) is 18.2 Å². The first-order valence-electron chi connectivity index (χ1n) is 6.69. The Morgan fingerprint density at radius 1 is 1.00 bits per heavy atom. The Bertz CT molecular complexity index is 675. The molecular formula is C16H13ClINO. The van der Waals surface area contributed by atoms with Gasteiger partial charge in [0, 0.05) is 58.4 Å². The maximum Gasteiger partial charge on any atom is 0.131 e. The minimum Gasteiger partial charge on any atom is -0.457 e. The number of fused-ring (bicyclic) bond motifs is 5. The highest BCUT2D eigenvalue weighted by Crippen LogP contribution is 2.50. The molecule has 0 saturated carbocycles. The molecule has 0 amide bonds. The number of nitrogens with zero attached hydrogens (tertiary/aromatic N) is 1. The SMILES string of the molecule is Clc1ccc2c(c1)[C@H]1CN(I)C[C@@H]1c1ccccc1O2. The molecule has 2 aromatic rings. The molecule has 0 aliphatic carbocycles. The van der Waals surface area contributed by atoms with Crippen LogP contribution in [-0.2, 0) is 0 Å². The van der Waals surface area contributed by atoms with Crippen molar-refractivity contribution in [2.45, 2.75) is 11.8 Å². The lowest BCUT2D eigenvalue weighted by Gasteiger charge is -2.17.